The molecule has 0 aliphatic rings. The van der Waals surface area contributed by atoms with E-state index < -0.39 is 0 Å². The number of halogens is 1. The van der Waals surface area contributed by atoms with Gasteiger partial charge in [0.25, 0.3) is 0 Å². The van der Waals surface area contributed by atoms with E-state index in [1.165, 1.54) is 0 Å². The van der Waals surface area contributed by atoms with Crippen LogP contribution in [0.1, 0.15) is 27.7 Å². The molecule has 0 radical (unpaired) electrons. The molecule has 0 spiro atoms. The predicted molar refractivity (Wildman–Crippen MR) is 64.4 cm³/mol. The molecule has 1 unspecified atom stereocenters. The van der Waals surface area contributed by atoms with Crippen LogP contribution in [0, 0.1) is 5.41 Å². The van der Waals surface area contributed by atoms with Crippen molar-refractivity contribution in [2.75, 3.05) is 11.9 Å². The summed E-state index contributed by atoms with van der Waals surface area (Å²) in [5, 5.41) is 3.43. The van der Waals surface area contributed by atoms with Crippen LogP contribution >= 0.6 is 22.9 Å². The van der Waals surface area contributed by atoms with Gasteiger partial charge in [0.15, 0.2) is 5.13 Å². The Labute approximate surface area is 94.9 Å². The Hall–Kier alpha value is -0.280. The zero-order valence-electron chi connectivity index (χ0n) is 9.34. The molecule has 1 aromatic rings. The molecule has 0 bridgehead atoms. The second-order valence-corrected chi connectivity index (χ2v) is 5.83. The molecule has 4 heteroatoms. The fraction of sp³-hybridized carbons (Fsp3) is 0.700. The summed E-state index contributed by atoms with van der Waals surface area (Å²) in [5.41, 5.74) is 0.243. The Morgan fingerprint density at radius 1 is 1.50 bits per heavy atom. The van der Waals surface area contributed by atoms with Gasteiger partial charge in [0.1, 0.15) is 5.15 Å². The first kappa shape index (κ1) is 11.8. The summed E-state index contributed by atoms with van der Waals surface area (Å²) in [5.74, 6) is 0. The molecule has 2 nitrogen and oxygen atoms in total. The Morgan fingerprint density at radius 2 is 2.07 bits per heavy atom. The highest BCUT2D eigenvalue weighted by atomic mass is 35.5. The lowest BCUT2D eigenvalue weighted by molar-refractivity contribution is 0.329. The van der Waals surface area contributed by atoms with Gasteiger partial charge in [-0.25, -0.2) is 4.98 Å². The molecule has 0 aromatic carbocycles. The lowest BCUT2D eigenvalue weighted by Crippen LogP contribution is -2.39. The molecule has 0 amide bonds. The van der Waals surface area contributed by atoms with Crippen LogP contribution in [0.25, 0.3) is 0 Å². The molecule has 1 rings (SSSR count). The van der Waals surface area contributed by atoms with Crippen molar-refractivity contribution >= 4 is 28.1 Å². The third kappa shape index (κ3) is 2.61. The highest BCUT2D eigenvalue weighted by molar-refractivity contribution is 7.14. The minimum absolute atomic E-state index is 0.243. The van der Waals surface area contributed by atoms with Crippen molar-refractivity contribution in [3.63, 3.8) is 0 Å². The van der Waals surface area contributed by atoms with Gasteiger partial charge in [0.05, 0.1) is 0 Å². The summed E-state index contributed by atoms with van der Waals surface area (Å²) in [7, 11) is 2.06. The van der Waals surface area contributed by atoms with Crippen molar-refractivity contribution in [1.29, 1.82) is 0 Å². The monoisotopic (exact) mass is 232 g/mol. The van der Waals surface area contributed by atoms with E-state index in [1.807, 2.05) is 5.38 Å². The van der Waals surface area contributed by atoms with Gasteiger partial charge in [-0.05, 0) is 12.3 Å². The van der Waals surface area contributed by atoms with E-state index in [9.17, 15) is 0 Å². The molecule has 1 heterocycles. The van der Waals surface area contributed by atoms with Gasteiger partial charge in [-0.15, -0.1) is 11.3 Å². The first-order valence-electron chi connectivity index (χ1n) is 4.66. The van der Waals surface area contributed by atoms with Crippen molar-refractivity contribution in [3.8, 4) is 0 Å². The van der Waals surface area contributed by atoms with Crippen LogP contribution in [0.15, 0.2) is 5.38 Å². The molecule has 0 aliphatic carbocycles. The summed E-state index contributed by atoms with van der Waals surface area (Å²) < 4.78 is 0. The van der Waals surface area contributed by atoms with Crippen LogP contribution in [-0.4, -0.2) is 18.1 Å². The molecule has 0 saturated heterocycles. The standard InChI is InChI=1S/C10H17ClN2S/c1-7(10(2,3)4)13(5)9-12-8(11)6-14-9/h6-7H,1-5H3. The van der Waals surface area contributed by atoms with Crippen LogP contribution in [0.4, 0.5) is 5.13 Å². The van der Waals surface area contributed by atoms with Crippen molar-refractivity contribution in [1.82, 2.24) is 4.98 Å². The maximum atomic E-state index is 5.80. The average Bonchev–Trinajstić information content (AvgIpc) is 2.47. The highest BCUT2D eigenvalue weighted by Crippen LogP contribution is 2.30. The van der Waals surface area contributed by atoms with Gasteiger partial charge in [0, 0.05) is 18.5 Å². The van der Waals surface area contributed by atoms with Crippen LogP contribution in [-0.2, 0) is 0 Å². The number of thiazole rings is 1. The third-order valence-corrected chi connectivity index (χ3v) is 3.85. The number of aromatic nitrogens is 1. The molecule has 1 aromatic heterocycles. The first-order valence-corrected chi connectivity index (χ1v) is 5.92. The maximum Gasteiger partial charge on any atom is 0.186 e. The molecule has 80 valence electrons. The number of hydrogen-bond acceptors (Lipinski definition) is 3. The topological polar surface area (TPSA) is 16.1 Å². The lowest BCUT2D eigenvalue weighted by Gasteiger charge is -2.35. The van der Waals surface area contributed by atoms with E-state index in [0.717, 1.165) is 5.13 Å². The van der Waals surface area contributed by atoms with E-state index in [-0.39, 0.29) is 5.41 Å². The molecule has 0 N–H and O–H groups in total. The second kappa shape index (κ2) is 4.07. The lowest BCUT2D eigenvalue weighted by atomic mass is 9.87. The van der Waals surface area contributed by atoms with Gasteiger partial charge in [0.2, 0.25) is 0 Å². The van der Waals surface area contributed by atoms with E-state index in [4.69, 9.17) is 11.6 Å². The van der Waals surface area contributed by atoms with E-state index in [0.29, 0.717) is 11.2 Å². The van der Waals surface area contributed by atoms with Gasteiger partial charge >= 0.3 is 0 Å². The summed E-state index contributed by atoms with van der Waals surface area (Å²) in [6.07, 6.45) is 0. The minimum atomic E-state index is 0.243. The van der Waals surface area contributed by atoms with E-state index in [2.05, 4.69) is 44.6 Å². The zero-order chi connectivity index (χ0) is 10.9. The zero-order valence-corrected chi connectivity index (χ0v) is 10.9. The third-order valence-electron chi connectivity index (χ3n) is 2.60. The smallest absolute Gasteiger partial charge is 0.186 e. The predicted octanol–water partition coefficient (Wildman–Crippen LogP) is 3.67. The SMILES string of the molecule is CC(N(C)c1nc(Cl)cs1)C(C)(C)C. The molecule has 1 atom stereocenters. The van der Waals surface area contributed by atoms with Gasteiger partial charge in [-0.2, -0.15) is 0 Å². The number of hydrogen-bond donors (Lipinski definition) is 0. The van der Waals surface area contributed by atoms with Crippen molar-refractivity contribution in [2.24, 2.45) is 5.41 Å². The fourth-order valence-electron chi connectivity index (χ4n) is 1.15. The van der Waals surface area contributed by atoms with E-state index in [1.54, 1.807) is 11.3 Å². The quantitative estimate of drug-likeness (QED) is 0.774. The molecule has 0 aliphatic heterocycles. The summed E-state index contributed by atoms with van der Waals surface area (Å²) in [4.78, 5) is 6.43. The normalized spacial score (nSPS) is 14.1. The molecular formula is C10H17ClN2S. The summed E-state index contributed by atoms with van der Waals surface area (Å²) in [6, 6.07) is 0.435. The van der Waals surface area contributed by atoms with Crippen LogP contribution in [0.5, 0.6) is 0 Å². The molecular weight excluding hydrogens is 216 g/mol. The molecule has 0 fully saturated rings. The fourth-order valence-corrected chi connectivity index (χ4v) is 2.15. The Morgan fingerprint density at radius 3 is 2.43 bits per heavy atom. The van der Waals surface area contributed by atoms with Gasteiger partial charge in [-0.1, -0.05) is 32.4 Å². The van der Waals surface area contributed by atoms with Crippen molar-refractivity contribution in [2.45, 2.75) is 33.7 Å². The molecule has 14 heavy (non-hydrogen) atoms. The highest BCUT2D eigenvalue weighted by Gasteiger charge is 2.25. The first-order chi connectivity index (χ1) is 6.32. The Balaban J connectivity index is 2.80. The Bertz CT molecular complexity index is 303. The van der Waals surface area contributed by atoms with Gasteiger partial charge < -0.3 is 4.90 Å². The largest absolute Gasteiger partial charge is 0.348 e. The maximum absolute atomic E-state index is 5.80. The van der Waals surface area contributed by atoms with Crippen LogP contribution in [0.3, 0.4) is 0 Å². The summed E-state index contributed by atoms with van der Waals surface area (Å²) in [6.45, 7) is 8.88. The van der Waals surface area contributed by atoms with Gasteiger partial charge in [-0.3, -0.25) is 0 Å². The number of anilines is 1. The number of nitrogens with zero attached hydrogens (tertiary/aromatic N) is 2. The van der Waals surface area contributed by atoms with Crippen LogP contribution < -0.4 is 4.90 Å². The van der Waals surface area contributed by atoms with Crippen LogP contribution in [0.2, 0.25) is 5.15 Å². The second-order valence-electron chi connectivity index (χ2n) is 4.61. The number of rotatable bonds is 2. The Kier molecular flexibility index (Phi) is 3.43. The minimum Gasteiger partial charge on any atom is -0.348 e. The van der Waals surface area contributed by atoms with E-state index >= 15 is 0 Å². The summed E-state index contributed by atoms with van der Waals surface area (Å²) >= 11 is 7.38. The van der Waals surface area contributed by atoms with Crippen molar-refractivity contribution < 1.29 is 0 Å². The van der Waals surface area contributed by atoms with Crippen molar-refractivity contribution in [3.05, 3.63) is 10.5 Å². The molecule has 0 saturated carbocycles. The average molecular weight is 233 g/mol.